The fraction of sp³-hybridized carbons (Fsp3) is 0.320. The van der Waals surface area contributed by atoms with Crippen LogP contribution in [-0.4, -0.2) is 29.0 Å². The number of rotatable bonds is 10. The van der Waals surface area contributed by atoms with E-state index in [0.717, 1.165) is 36.3 Å². The molecule has 0 fully saturated rings. The number of ether oxygens (including phenoxy) is 1. The van der Waals surface area contributed by atoms with Crippen LogP contribution in [0.15, 0.2) is 66.9 Å². The number of nitrogens with zero attached hydrogens (tertiary/aromatic N) is 2. The summed E-state index contributed by atoms with van der Waals surface area (Å²) in [6, 6.07) is 18.1. The van der Waals surface area contributed by atoms with Crippen molar-refractivity contribution in [2.75, 3.05) is 13.7 Å². The van der Waals surface area contributed by atoms with Gasteiger partial charge in [-0.15, -0.1) is 0 Å². The first kappa shape index (κ1) is 21.6. The molecule has 0 aliphatic rings. The molecule has 0 aliphatic heterocycles. The Morgan fingerprint density at radius 2 is 1.90 bits per heavy atom. The molecule has 4 nitrogen and oxygen atoms in total. The van der Waals surface area contributed by atoms with Crippen molar-refractivity contribution < 1.29 is 13.9 Å². The molecule has 0 atom stereocenters. The fourth-order valence-corrected chi connectivity index (χ4v) is 3.52. The second-order valence-corrected chi connectivity index (χ2v) is 7.39. The van der Waals surface area contributed by atoms with Gasteiger partial charge in [-0.3, -0.25) is 4.79 Å². The third-order valence-corrected chi connectivity index (χ3v) is 5.19. The van der Waals surface area contributed by atoms with E-state index in [9.17, 15) is 9.18 Å². The average Bonchev–Trinajstić information content (AvgIpc) is 3.19. The molecule has 0 spiro atoms. The van der Waals surface area contributed by atoms with Crippen molar-refractivity contribution in [1.29, 1.82) is 0 Å². The summed E-state index contributed by atoms with van der Waals surface area (Å²) < 4.78 is 21.7. The molecule has 3 aromatic rings. The third-order valence-electron chi connectivity index (χ3n) is 5.19. The van der Waals surface area contributed by atoms with Gasteiger partial charge in [-0.25, -0.2) is 4.39 Å². The van der Waals surface area contributed by atoms with Crippen LogP contribution < -0.4 is 4.74 Å². The van der Waals surface area contributed by atoms with Crippen LogP contribution in [0.5, 0.6) is 5.75 Å². The smallest absolute Gasteiger partial charge is 0.257 e. The van der Waals surface area contributed by atoms with Gasteiger partial charge in [-0.05, 0) is 48.4 Å². The highest BCUT2D eigenvalue weighted by molar-refractivity contribution is 5.94. The van der Waals surface area contributed by atoms with E-state index in [-0.39, 0.29) is 11.5 Å². The number of hydrogen-bond acceptors (Lipinski definition) is 2. The SMILES string of the molecule is CCCCCN(Cc1cccn1Cc1cccc(OC)c1)C(=O)c1ccccc1F. The van der Waals surface area contributed by atoms with E-state index in [1.165, 1.54) is 6.07 Å². The number of amides is 1. The highest BCUT2D eigenvalue weighted by Gasteiger charge is 2.20. The summed E-state index contributed by atoms with van der Waals surface area (Å²) >= 11 is 0. The Bertz CT molecular complexity index is 967. The maximum atomic E-state index is 14.2. The molecule has 30 heavy (non-hydrogen) atoms. The van der Waals surface area contributed by atoms with Crippen LogP contribution in [0.25, 0.3) is 0 Å². The molecule has 0 saturated heterocycles. The molecule has 1 heterocycles. The second kappa shape index (κ2) is 10.6. The van der Waals surface area contributed by atoms with Crippen LogP contribution >= 0.6 is 0 Å². The van der Waals surface area contributed by atoms with Crippen molar-refractivity contribution in [3.05, 3.63) is 89.5 Å². The second-order valence-electron chi connectivity index (χ2n) is 7.39. The number of aromatic nitrogens is 1. The summed E-state index contributed by atoms with van der Waals surface area (Å²) in [5, 5.41) is 0. The van der Waals surface area contributed by atoms with E-state index in [0.29, 0.717) is 19.6 Å². The van der Waals surface area contributed by atoms with Gasteiger partial charge in [0.15, 0.2) is 0 Å². The zero-order chi connectivity index (χ0) is 21.3. The first-order valence-corrected chi connectivity index (χ1v) is 10.4. The van der Waals surface area contributed by atoms with E-state index in [4.69, 9.17) is 4.74 Å². The number of methoxy groups -OCH3 is 1. The molecule has 3 rings (SSSR count). The first-order chi connectivity index (χ1) is 14.6. The van der Waals surface area contributed by atoms with E-state index in [1.54, 1.807) is 30.2 Å². The number of unbranched alkanes of at least 4 members (excludes halogenated alkanes) is 2. The number of hydrogen-bond donors (Lipinski definition) is 0. The molecule has 5 heteroatoms. The van der Waals surface area contributed by atoms with Crippen molar-refractivity contribution in [3.63, 3.8) is 0 Å². The summed E-state index contributed by atoms with van der Waals surface area (Å²) in [6.07, 6.45) is 5.00. The summed E-state index contributed by atoms with van der Waals surface area (Å²) in [7, 11) is 1.66. The van der Waals surface area contributed by atoms with Gasteiger partial charge in [0.2, 0.25) is 0 Å². The lowest BCUT2D eigenvalue weighted by Crippen LogP contribution is -2.33. The average molecular weight is 409 g/mol. The summed E-state index contributed by atoms with van der Waals surface area (Å²) in [5.41, 5.74) is 2.25. The third kappa shape index (κ3) is 5.50. The van der Waals surface area contributed by atoms with E-state index < -0.39 is 5.82 Å². The van der Waals surface area contributed by atoms with Crippen molar-refractivity contribution in [2.24, 2.45) is 0 Å². The Balaban J connectivity index is 1.80. The topological polar surface area (TPSA) is 34.5 Å². The molecule has 158 valence electrons. The predicted molar refractivity (Wildman–Crippen MR) is 117 cm³/mol. The Labute approximate surface area is 177 Å². The lowest BCUT2D eigenvalue weighted by atomic mass is 10.1. The van der Waals surface area contributed by atoms with Gasteiger partial charge in [0, 0.05) is 25.0 Å². The molecule has 0 unspecified atom stereocenters. The standard InChI is InChI=1S/C25H29FN2O2/c1-3-4-7-15-28(25(29)23-13-5-6-14-24(23)26)19-21-11-9-16-27(21)18-20-10-8-12-22(17-20)30-2/h5-6,8-14,16-17H,3-4,7,15,18-19H2,1-2H3. The lowest BCUT2D eigenvalue weighted by molar-refractivity contribution is 0.0731. The van der Waals surface area contributed by atoms with Gasteiger partial charge in [0.1, 0.15) is 11.6 Å². The molecule has 0 radical (unpaired) electrons. The molecule has 0 bridgehead atoms. The first-order valence-electron chi connectivity index (χ1n) is 10.4. The van der Waals surface area contributed by atoms with Crippen LogP contribution in [-0.2, 0) is 13.1 Å². The predicted octanol–water partition coefficient (Wildman–Crippen LogP) is 5.52. The van der Waals surface area contributed by atoms with Gasteiger partial charge in [-0.2, -0.15) is 0 Å². The normalized spacial score (nSPS) is 10.8. The number of carbonyl (C=O) groups excluding carboxylic acids is 1. The molecule has 2 aromatic carbocycles. The molecule has 0 N–H and O–H groups in total. The van der Waals surface area contributed by atoms with Crippen LogP contribution in [0, 0.1) is 5.82 Å². The van der Waals surface area contributed by atoms with Crippen molar-refractivity contribution >= 4 is 5.91 Å². The molecule has 1 aromatic heterocycles. The van der Waals surface area contributed by atoms with Gasteiger partial charge >= 0.3 is 0 Å². The molecule has 0 aliphatic carbocycles. The van der Waals surface area contributed by atoms with Crippen molar-refractivity contribution in [2.45, 2.75) is 39.3 Å². The maximum absolute atomic E-state index is 14.2. The van der Waals surface area contributed by atoms with Crippen molar-refractivity contribution in [1.82, 2.24) is 9.47 Å². The van der Waals surface area contributed by atoms with Crippen LogP contribution in [0.1, 0.15) is 47.8 Å². The monoisotopic (exact) mass is 408 g/mol. The number of benzene rings is 2. The van der Waals surface area contributed by atoms with Crippen LogP contribution in [0.2, 0.25) is 0 Å². The van der Waals surface area contributed by atoms with Gasteiger partial charge in [0.05, 0.1) is 19.2 Å². The zero-order valence-corrected chi connectivity index (χ0v) is 17.7. The molecular formula is C25H29FN2O2. The van der Waals surface area contributed by atoms with Crippen molar-refractivity contribution in [3.8, 4) is 5.75 Å². The molecule has 1 amide bonds. The minimum Gasteiger partial charge on any atom is -0.497 e. The van der Waals surface area contributed by atoms with E-state index in [2.05, 4.69) is 17.6 Å². The minimum absolute atomic E-state index is 0.125. The number of halogens is 1. The van der Waals surface area contributed by atoms with Crippen LogP contribution in [0.3, 0.4) is 0 Å². The lowest BCUT2D eigenvalue weighted by Gasteiger charge is -2.24. The van der Waals surface area contributed by atoms with Gasteiger partial charge < -0.3 is 14.2 Å². The van der Waals surface area contributed by atoms with Gasteiger partial charge in [-0.1, -0.05) is 44.0 Å². The van der Waals surface area contributed by atoms with E-state index in [1.807, 2.05) is 36.5 Å². The Hall–Kier alpha value is -3.08. The number of carbonyl (C=O) groups is 1. The maximum Gasteiger partial charge on any atom is 0.257 e. The Morgan fingerprint density at radius 3 is 2.67 bits per heavy atom. The Kier molecular flexibility index (Phi) is 7.66. The zero-order valence-electron chi connectivity index (χ0n) is 17.7. The summed E-state index contributed by atoms with van der Waals surface area (Å²) in [6.45, 7) is 3.84. The fourth-order valence-electron chi connectivity index (χ4n) is 3.52. The minimum atomic E-state index is -0.477. The Morgan fingerprint density at radius 1 is 1.07 bits per heavy atom. The van der Waals surface area contributed by atoms with Crippen LogP contribution in [0.4, 0.5) is 4.39 Å². The van der Waals surface area contributed by atoms with E-state index >= 15 is 0 Å². The molecular weight excluding hydrogens is 379 g/mol. The highest BCUT2D eigenvalue weighted by atomic mass is 19.1. The van der Waals surface area contributed by atoms with Gasteiger partial charge in [0.25, 0.3) is 5.91 Å². The summed E-state index contributed by atoms with van der Waals surface area (Å²) in [5.74, 6) is 0.0743. The quantitative estimate of drug-likeness (QED) is 0.414. The molecule has 0 saturated carbocycles. The summed E-state index contributed by atoms with van der Waals surface area (Å²) in [4.78, 5) is 14.9. The highest BCUT2D eigenvalue weighted by Crippen LogP contribution is 2.18. The largest absolute Gasteiger partial charge is 0.497 e.